The summed E-state index contributed by atoms with van der Waals surface area (Å²) in [6, 6.07) is 11.9. The van der Waals surface area contributed by atoms with Gasteiger partial charge in [-0.2, -0.15) is 0 Å². The summed E-state index contributed by atoms with van der Waals surface area (Å²) in [5, 5.41) is 14.3. The third kappa shape index (κ3) is 4.98. The first-order valence-electron chi connectivity index (χ1n) is 9.69. The van der Waals surface area contributed by atoms with Gasteiger partial charge in [-0.15, -0.1) is 0 Å². The fourth-order valence-electron chi connectivity index (χ4n) is 3.92. The Kier molecular flexibility index (Phi) is 7.21. The number of aliphatic hydroxyl groups excluding tert-OH is 1. The fraction of sp³-hybridized carbons (Fsp3) is 0.455. The maximum atomic E-state index is 13.4. The molecule has 0 spiro atoms. The summed E-state index contributed by atoms with van der Waals surface area (Å²) in [5.74, 6) is 0.190. The quantitative estimate of drug-likeness (QED) is 0.558. The average molecular weight is 426 g/mol. The van der Waals surface area contributed by atoms with Crippen LogP contribution >= 0.6 is 23.2 Å². The van der Waals surface area contributed by atoms with Crippen LogP contribution in [0.15, 0.2) is 42.5 Å². The van der Waals surface area contributed by atoms with Crippen LogP contribution in [0, 0.1) is 5.82 Å². The van der Waals surface area contributed by atoms with Crippen molar-refractivity contribution >= 4 is 23.2 Å². The van der Waals surface area contributed by atoms with Crippen molar-refractivity contribution < 1.29 is 14.2 Å². The lowest BCUT2D eigenvalue weighted by Gasteiger charge is -2.39. The Morgan fingerprint density at radius 2 is 1.79 bits per heavy atom. The van der Waals surface area contributed by atoms with Gasteiger partial charge in [-0.25, -0.2) is 4.39 Å². The molecule has 0 saturated heterocycles. The minimum Gasteiger partial charge on any atom is -0.471 e. The molecule has 3 nitrogen and oxygen atoms in total. The average Bonchev–Trinajstić information content (AvgIpc) is 2.69. The number of benzene rings is 2. The Morgan fingerprint density at radius 3 is 2.43 bits per heavy atom. The zero-order chi connectivity index (χ0) is 20.1. The number of nitrogens with one attached hydrogen (secondary N) is 1. The highest BCUT2D eigenvalue weighted by Gasteiger charge is 2.35. The maximum absolute atomic E-state index is 13.4. The Bertz CT molecular complexity index is 777. The van der Waals surface area contributed by atoms with Crippen molar-refractivity contribution in [2.75, 3.05) is 6.54 Å². The highest BCUT2D eigenvalue weighted by molar-refractivity contribution is 6.42. The van der Waals surface area contributed by atoms with Gasteiger partial charge in [-0.1, -0.05) is 60.7 Å². The minimum absolute atomic E-state index is 0.111. The molecular formula is C22H26Cl2FNO2. The fourth-order valence-corrected chi connectivity index (χ4v) is 4.25. The first kappa shape index (κ1) is 21.4. The summed E-state index contributed by atoms with van der Waals surface area (Å²) in [7, 11) is 0. The van der Waals surface area contributed by atoms with Gasteiger partial charge in [0.25, 0.3) is 0 Å². The molecule has 0 aromatic heterocycles. The lowest BCUT2D eigenvalue weighted by atomic mass is 9.69. The minimum atomic E-state index is -0.760. The van der Waals surface area contributed by atoms with Crippen LogP contribution in [0.25, 0.3) is 0 Å². The molecule has 0 amide bonds. The van der Waals surface area contributed by atoms with Crippen LogP contribution in [-0.4, -0.2) is 24.0 Å². The molecule has 28 heavy (non-hydrogen) atoms. The molecule has 0 heterocycles. The number of hydrogen-bond donors (Lipinski definition) is 2. The molecule has 2 atom stereocenters. The van der Waals surface area contributed by atoms with E-state index in [0.717, 1.165) is 31.2 Å². The number of rotatable bonds is 7. The third-order valence-corrected chi connectivity index (χ3v) is 6.32. The summed E-state index contributed by atoms with van der Waals surface area (Å²) < 4.78 is 19.4. The predicted molar refractivity (Wildman–Crippen MR) is 112 cm³/mol. The van der Waals surface area contributed by atoms with E-state index in [1.165, 1.54) is 18.6 Å². The van der Waals surface area contributed by atoms with Crippen LogP contribution < -0.4 is 10.1 Å². The van der Waals surface area contributed by atoms with Gasteiger partial charge in [0.05, 0.1) is 5.02 Å². The van der Waals surface area contributed by atoms with Crippen LogP contribution in [0.5, 0.6) is 5.75 Å². The molecule has 3 rings (SSSR count). The Labute approximate surface area is 175 Å². The predicted octanol–water partition coefficient (Wildman–Crippen LogP) is 5.71. The van der Waals surface area contributed by atoms with Gasteiger partial charge in [0, 0.05) is 12.0 Å². The zero-order valence-corrected chi connectivity index (χ0v) is 17.4. The van der Waals surface area contributed by atoms with Gasteiger partial charge in [0.15, 0.2) is 6.23 Å². The van der Waals surface area contributed by atoms with Gasteiger partial charge in [-0.3, -0.25) is 5.32 Å². The molecule has 2 N–H and O–H groups in total. The van der Waals surface area contributed by atoms with Crippen molar-refractivity contribution in [1.29, 1.82) is 0 Å². The van der Waals surface area contributed by atoms with Crippen LogP contribution in [0.3, 0.4) is 0 Å². The zero-order valence-electron chi connectivity index (χ0n) is 15.9. The molecular weight excluding hydrogens is 400 g/mol. The normalized spacial score (nSPS) is 18.5. The van der Waals surface area contributed by atoms with Crippen molar-refractivity contribution in [2.45, 2.75) is 56.8 Å². The van der Waals surface area contributed by atoms with Gasteiger partial charge in [-0.05, 0) is 49.6 Å². The number of hydrogen-bond acceptors (Lipinski definition) is 3. The molecule has 1 aliphatic rings. The summed E-state index contributed by atoms with van der Waals surface area (Å²) >= 11 is 12.3. The van der Waals surface area contributed by atoms with E-state index >= 15 is 0 Å². The van der Waals surface area contributed by atoms with Crippen molar-refractivity contribution in [2.24, 2.45) is 0 Å². The monoisotopic (exact) mass is 425 g/mol. The van der Waals surface area contributed by atoms with E-state index in [1.54, 1.807) is 25.1 Å². The van der Waals surface area contributed by atoms with Crippen LogP contribution in [-0.2, 0) is 5.41 Å². The lowest BCUT2D eigenvalue weighted by Crippen LogP contribution is -2.50. The number of ether oxygens (including phenoxy) is 1. The summed E-state index contributed by atoms with van der Waals surface area (Å²) in [6.45, 7) is 2.29. The van der Waals surface area contributed by atoms with Crippen molar-refractivity contribution in [3.8, 4) is 5.75 Å². The molecule has 152 valence electrons. The lowest BCUT2D eigenvalue weighted by molar-refractivity contribution is 0.0213. The highest BCUT2D eigenvalue weighted by Crippen LogP contribution is 2.39. The topological polar surface area (TPSA) is 41.5 Å². The molecule has 2 unspecified atom stereocenters. The van der Waals surface area contributed by atoms with Crippen molar-refractivity contribution in [1.82, 2.24) is 5.32 Å². The van der Waals surface area contributed by atoms with Gasteiger partial charge >= 0.3 is 0 Å². The standard InChI is InChI=1S/C22H26Cl2FNO2/c1-15(27)21(28-19-7-5-6-18(23)20(19)24)26-14-22(12-3-2-4-13-22)16-8-10-17(25)11-9-16/h5-11,15,21,26-27H,2-4,12-14H2,1H3. The molecule has 1 fully saturated rings. The first-order chi connectivity index (χ1) is 13.4. The summed E-state index contributed by atoms with van der Waals surface area (Å²) in [5.41, 5.74) is 1.01. The Balaban J connectivity index is 1.78. The SMILES string of the molecule is CC(O)C(NCC1(c2ccc(F)cc2)CCCCC1)Oc1cccc(Cl)c1Cl. The number of aliphatic hydroxyl groups is 1. The summed E-state index contributed by atoms with van der Waals surface area (Å²) in [6.07, 6.45) is 4.07. The third-order valence-electron chi connectivity index (χ3n) is 5.52. The first-order valence-corrected chi connectivity index (χ1v) is 10.4. The van der Waals surface area contributed by atoms with Crippen molar-refractivity contribution in [3.05, 3.63) is 63.9 Å². The molecule has 2 aromatic carbocycles. The van der Waals surface area contributed by atoms with E-state index in [-0.39, 0.29) is 11.2 Å². The Hall–Kier alpha value is -1.33. The van der Waals surface area contributed by atoms with E-state index in [0.29, 0.717) is 22.3 Å². The maximum Gasteiger partial charge on any atom is 0.176 e. The molecule has 2 aromatic rings. The van der Waals surface area contributed by atoms with E-state index < -0.39 is 12.3 Å². The van der Waals surface area contributed by atoms with E-state index in [1.807, 2.05) is 12.1 Å². The molecule has 6 heteroatoms. The smallest absolute Gasteiger partial charge is 0.176 e. The van der Waals surface area contributed by atoms with Gasteiger partial charge in [0.1, 0.15) is 22.7 Å². The second-order valence-electron chi connectivity index (χ2n) is 7.56. The molecule has 0 aliphatic heterocycles. The van der Waals surface area contributed by atoms with E-state index in [9.17, 15) is 9.50 Å². The highest BCUT2D eigenvalue weighted by atomic mass is 35.5. The molecule has 0 radical (unpaired) electrons. The second kappa shape index (κ2) is 9.45. The van der Waals surface area contributed by atoms with E-state index in [4.69, 9.17) is 27.9 Å². The van der Waals surface area contributed by atoms with E-state index in [2.05, 4.69) is 5.32 Å². The molecule has 0 bridgehead atoms. The van der Waals surface area contributed by atoms with Gasteiger partial charge in [0.2, 0.25) is 0 Å². The number of halogens is 3. The van der Waals surface area contributed by atoms with Crippen LogP contribution in [0.2, 0.25) is 10.0 Å². The van der Waals surface area contributed by atoms with Crippen molar-refractivity contribution in [3.63, 3.8) is 0 Å². The van der Waals surface area contributed by atoms with Gasteiger partial charge < -0.3 is 9.84 Å². The molecule has 1 aliphatic carbocycles. The molecule has 1 saturated carbocycles. The van der Waals surface area contributed by atoms with Crippen LogP contribution in [0.1, 0.15) is 44.6 Å². The Morgan fingerprint density at radius 1 is 1.11 bits per heavy atom. The second-order valence-corrected chi connectivity index (χ2v) is 8.34. The largest absolute Gasteiger partial charge is 0.471 e. The van der Waals surface area contributed by atoms with Crippen LogP contribution in [0.4, 0.5) is 4.39 Å². The summed E-state index contributed by atoms with van der Waals surface area (Å²) in [4.78, 5) is 0.